The molecule has 0 radical (unpaired) electrons. The van der Waals surface area contributed by atoms with Gasteiger partial charge in [0.1, 0.15) is 0 Å². The Bertz CT molecular complexity index is 888. The fourth-order valence-electron chi connectivity index (χ4n) is 4.21. The highest BCUT2D eigenvalue weighted by Crippen LogP contribution is 2.33. The van der Waals surface area contributed by atoms with Gasteiger partial charge in [0.25, 0.3) is 0 Å². The van der Waals surface area contributed by atoms with Crippen molar-refractivity contribution in [2.75, 3.05) is 38.6 Å². The molecule has 5 nitrogen and oxygen atoms in total. The van der Waals surface area contributed by atoms with Crippen LogP contribution < -0.4 is 0 Å². The van der Waals surface area contributed by atoms with Gasteiger partial charge in [-0.25, -0.2) is 4.98 Å². The monoisotopic (exact) mass is 421 g/mol. The highest BCUT2D eigenvalue weighted by atomic mass is 32.2. The van der Waals surface area contributed by atoms with Crippen LogP contribution in [0.3, 0.4) is 0 Å². The molecule has 0 bridgehead atoms. The third kappa shape index (κ3) is 4.32. The Morgan fingerprint density at radius 1 is 0.900 bits per heavy atom. The molecule has 30 heavy (non-hydrogen) atoms. The quantitative estimate of drug-likeness (QED) is 0.586. The number of piperidine rings is 1. The summed E-state index contributed by atoms with van der Waals surface area (Å²) in [7, 11) is 0. The lowest BCUT2D eigenvalue weighted by Crippen LogP contribution is -2.45. The van der Waals surface area contributed by atoms with Gasteiger partial charge in [0.15, 0.2) is 10.9 Å². The van der Waals surface area contributed by atoms with Gasteiger partial charge < -0.3 is 19.4 Å². The molecule has 1 N–H and O–H groups in total. The number of nitrogens with one attached hydrogen (secondary N) is 1. The molecule has 1 spiro atoms. The van der Waals surface area contributed by atoms with Gasteiger partial charge in [-0.2, -0.15) is 0 Å². The summed E-state index contributed by atoms with van der Waals surface area (Å²) in [6.07, 6.45) is 1.93. The van der Waals surface area contributed by atoms with Crippen LogP contribution >= 0.6 is 11.8 Å². The summed E-state index contributed by atoms with van der Waals surface area (Å²) in [6, 6.07) is 20.8. The molecule has 156 valence electrons. The molecule has 6 heteroatoms. The van der Waals surface area contributed by atoms with Crippen molar-refractivity contribution >= 4 is 11.8 Å². The molecule has 2 saturated heterocycles. The second-order valence-corrected chi connectivity index (χ2v) is 8.88. The number of benzene rings is 2. The van der Waals surface area contributed by atoms with Crippen LogP contribution in [0.15, 0.2) is 65.8 Å². The SMILES string of the molecule is c1ccc(-c2nc(SCCN3CCC4(CC3)OCCO4)[nH]c2-c2ccccc2)cc1. The standard InChI is InChI=1S/C24H27N3O2S/c1-3-7-19(8-4-1)21-22(20-9-5-2-6-10-20)26-23(25-21)30-18-15-27-13-11-24(12-14-27)28-16-17-29-24/h1-10H,11-18H2,(H,25,26). The summed E-state index contributed by atoms with van der Waals surface area (Å²) in [4.78, 5) is 11.0. The second kappa shape index (κ2) is 8.94. The number of imidazole rings is 1. The first-order valence-corrected chi connectivity index (χ1v) is 11.6. The van der Waals surface area contributed by atoms with Crippen molar-refractivity contribution in [3.8, 4) is 22.5 Å². The molecule has 2 aliphatic rings. The normalized spacial score (nSPS) is 18.8. The molecule has 0 amide bonds. The summed E-state index contributed by atoms with van der Waals surface area (Å²) in [5.74, 6) is 0.713. The van der Waals surface area contributed by atoms with Crippen molar-refractivity contribution in [1.29, 1.82) is 0 Å². The van der Waals surface area contributed by atoms with E-state index in [1.165, 1.54) is 0 Å². The average Bonchev–Trinajstić information content (AvgIpc) is 3.44. The molecular weight excluding hydrogens is 394 g/mol. The molecule has 0 aliphatic carbocycles. The molecular formula is C24H27N3O2S. The number of aromatic amines is 1. The van der Waals surface area contributed by atoms with Crippen LogP contribution in [0.5, 0.6) is 0 Å². The van der Waals surface area contributed by atoms with Crippen LogP contribution in [0, 0.1) is 0 Å². The molecule has 3 heterocycles. The first-order valence-electron chi connectivity index (χ1n) is 10.7. The number of H-pyrrole nitrogens is 1. The Kier molecular flexibility index (Phi) is 5.91. The Hall–Kier alpha value is -2.12. The summed E-state index contributed by atoms with van der Waals surface area (Å²) in [6.45, 7) is 4.58. The summed E-state index contributed by atoms with van der Waals surface area (Å²) >= 11 is 1.79. The molecule has 2 aromatic carbocycles. The number of rotatable bonds is 6. The van der Waals surface area contributed by atoms with E-state index in [2.05, 4.69) is 58.4 Å². The molecule has 2 aliphatic heterocycles. The Balaban J connectivity index is 1.25. The lowest BCUT2D eigenvalue weighted by Gasteiger charge is -2.37. The van der Waals surface area contributed by atoms with Crippen LogP contribution in [0.1, 0.15) is 12.8 Å². The van der Waals surface area contributed by atoms with Gasteiger partial charge in [-0.05, 0) is 0 Å². The molecule has 5 rings (SSSR count). The first-order chi connectivity index (χ1) is 14.8. The summed E-state index contributed by atoms with van der Waals surface area (Å²) in [5, 5.41) is 0.976. The van der Waals surface area contributed by atoms with Crippen LogP contribution in [0.2, 0.25) is 0 Å². The minimum absolute atomic E-state index is 0.292. The van der Waals surface area contributed by atoms with E-state index in [0.717, 1.165) is 79.1 Å². The molecule has 3 aromatic rings. The van der Waals surface area contributed by atoms with E-state index in [4.69, 9.17) is 14.5 Å². The van der Waals surface area contributed by atoms with Crippen molar-refractivity contribution < 1.29 is 9.47 Å². The van der Waals surface area contributed by atoms with E-state index in [1.807, 2.05) is 12.1 Å². The highest BCUT2D eigenvalue weighted by molar-refractivity contribution is 7.99. The minimum atomic E-state index is -0.292. The number of hydrogen-bond acceptors (Lipinski definition) is 5. The van der Waals surface area contributed by atoms with Gasteiger partial charge in [-0.3, -0.25) is 0 Å². The Labute approximate surface area is 181 Å². The van der Waals surface area contributed by atoms with Gasteiger partial charge in [0, 0.05) is 49.4 Å². The molecule has 0 unspecified atom stereocenters. The minimum Gasteiger partial charge on any atom is -0.347 e. The van der Waals surface area contributed by atoms with Crippen LogP contribution in [0.4, 0.5) is 0 Å². The zero-order valence-electron chi connectivity index (χ0n) is 17.0. The van der Waals surface area contributed by atoms with E-state index in [0.29, 0.717) is 0 Å². The first kappa shape index (κ1) is 19.8. The number of hydrogen-bond donors (Lipinski definition) is 1. The zero-order chi connectivity index (χ0) is 20.2. The second-order valence-electron chi connectivity index (χ2n) is 7.80. The average molecular weight is 422 g/mol. The highest BCUT2D eigenvalue weighted by Gasteiger charge is 2.39. The van der Waals surface area contributed by atoms with Crippen molar-refractivity contribution in [2.45, 2.75) is 23.8 Å². The number of ether oxygens (including phenoxy) is 2. The summed E-state index contributed by atoms with van der Waals surface area (Å²) < 4.78 is 11.7. The van der Waals surface area contributed by atoms with Crippen LogP contribution in [-0.4, -0.2) is 59.3 Å². The van der Waals surface area contributed by atoms with Crippen molar-refractivity contribution in [2.24, 2.45) is 0 Å². The van der Waals surface area contributed by atoms with Crippen LogP contribution in [-0.2, 0) is 9.47 Å². The molecule has 0 saturated carbocycles. The maximum absolute atomic E-state index is 5.83. The smallest absolute Gasteiger partial charge is 0.170 e. The van der Waals surface area contributed by atoms with Gasteiger partial charge in [0.05, 0.1) is 24.6 Å². The van der Waals surface area contributed by atoms with Crippen LogP contribution in [0.25, 0.3) is 22.5 Å². The lowest BCUT2D eigenvalue weighted by molar-refractivity contribution is -0.184. The van der Waals surface area contributed by atoms with Crippen molar-refractivity contribution in [3.05, 3.63) is 60.7 Å². The van der Waals surface area contributed by atoms with E-state index in [9.17, 15) is 0 Å². The van der Waals surface area contributed by atoms with Gasteiger partial charge >= 0.3 is 0 Å². The molecule has 0 atom stereocenters. The Morgan fingerprint density at radius 2 is 1.53 bits per heavy atom. The number of aromatic nitrogens is 2. The van der Waals surface area contributed by atoms with E-state index < -0.39 is 0 Å². The fraction of sp³-hybridized carbons (Fsp3) is 0.375. The fourth-order valence-corrected chi connectivity index (χ4v) is 5.09. The number of nitrogens with zero attached hydrogens (tertiary/aromatic N) is 2. The van der Waals surface area contributed by atoms with Gasteiger partial charge in [-0.15, -0.1) is 0 Å². The van der Waals surface area contributed by atoms with Crippen molar-refractivity contribution in [3.63, 3.8) is 0 Å². The third-order valence-electron chi connectivity index (χ3n) is 5.87. The largest absolute Gasteiger partial charge is 0.347 e. The number of thioether (sulfide) groups is 1. The van der Waals surface area contributed by atoms with E-state index >= 15 is 0 Å². The summed E-state index contributed by atoms with van der Waals surface area (Å²) in [5.41, 5.74) is 4.39. The predicted octanol–water partition coefficient (Wildman–Crippen LogP) is 4.67. The lowest BCUT2D eigenvalue weighted by atomic mass is 10.0. The van der Waals surface area contributed by atoms with Crippen molar-refractivity contribution in [1.82, 2.24) is 14.9 Å². The maximum atomic E-state index is 5.83. The molecule has 2 fully saturated rings. The zero-order valence-corrected chi connectivity index (χ0v) is 17.9. The van der Waals surface area contributed by atoms with Gasteiger partial charge in [0.2, 0.25) is 0 Å². The molecule has 1 aromatic heterocycles. The van der Waals surface area contributed by atoms with Gasteiger partial charge in [-0.1, -0.05) is 72.4 Å². The predicted molar refractivity (Wildman–Crippen MR) is 120 cm³/mol. The Morgan fingerprint density at radius 3 is 2.20 bits per heavy atom. The number of likely N-dealkylation sites (tertiary alicyclic amines) is 1. The topological polar surface area (TPSA) is 50.4 Å². The third-order valence-corrected chi connectivity index (χ3v) is 6.72. The van der Waals surface area contributed by atoms with E-state index in [-0.39, 0.29) is 5.79 Å². The maximum Gasteiger partial charge on any atom is 0.170 e. The van der Waals surface area contributed by atoms with E-state index in [1.54, 1.807) is 11.8 Å².